The van der Waals surface area contributed by atoms with Crippen LogP contribution in [0, 0.1) is 23.0 Å². The highest BCUT2D eigenvalue weighted by molar-refractivity contribution is 8.00. The summed E-state index contributed by atoms with van der Waals surface area (Å²) in [6.07, 6.45) is 2.52. The SMILES string of the molecule is CCCSNc1ccc(F)c(Nc2ccc3ncc(N(C)C)nc3c2C#N)c1F. The maximum absolute atomic E-state index is 14.9. The van der Waals surface area contributed by atoms with Gasteiger partial charge in [-0.1, -0.05) is 18.9 Å². The first-order valence-electron chi connectivity index (χ1n) is 8.96. The fourth-order valence-electron chi connectivity index (χ4n) is 2.61. The number of hydrogen-bond acceptors (Lipinski definition) is 7. The Labute approximate surface area is 172 Å². The number of halogens is 2. The van der Waals surface area contributed by atoms with E-state index in [0.717, 1.165) is 12.2 Å². The van der Waals surface area contributed by atoms with E-state index in [2.05, 4.69) is 26.1 Å². The highest BCUT2D eigenvalue weighted by Crippen LogP contribution is 2.33. The summed E-state index contributed by atoms with van der Waals surface area (Å²) in [5.74, 6) is -0.158. The van der Waals surface area contributed by atoms with E-state index in [9.17, 15) is 14.0 Å². The van der Waals surface area contributed by atoms with E-state index < -0.39 is 11.6 Å². The van der Waals surface area contributed by atoms with Gasteiger partial charge in [0.05, 0.1) is 23.1 Å². The minimum absolute atomic E-state index is 0.163. The number of rotatable bonds is 7. The van der Waals surface area contributed by atoms with E-state index in [0.29, 0.717) is 16.9 Å². The second kappa shape index (κ2) is 8.92. The molecule has 0 saturated carbocycles. The smallest absolute Gasteiger partial charge is 0.173 e. The van der Waals surface area contributed by atoms with Crippen LogP contribution in [0.1, 0.15) is 18.9 Å². The fraction of sp³-hybridized carbons (Fsp3) is 0.250. The van der Waals surface area contributed by atoms with E-state index in [1.807, 2.05) is 21.0 Å². The van der Waals surface area contributed by atoms with Crippen molar-refractivity contribution in [2.45, 2.75) is 13.3 Å². The minimum Gasteiger partial charge on any atom is -0.361 e. The lowest BCUT2D eigenvalue weighted by Gasteiger charge is -2.15. The molecule has 0 aliphatic rings. The summed E-state index contributed by atoms with van der Waals surface area (Å²) in [6.45, 7) is 2.01. The van der Waals surface area contributed by atoms with Gasteiger partial charge in [-0.3, -0.25) is 4.98 Å². The maximum Gasteiger partial charge on any atom is 0.173 e. The normalized spacial score (nSPS) is 10.6. The average molecular weight is 414 g/mol. The highest BCUT2D eigenvalue weighted by atomic mass is 32.2. The van der Waals surface area contributed by atoms with Gasteiger partial charge in [-0.25, -0.2) is 13.8 Å². The molecule has 150 valence electrons. The fourth-order valence-corrected chi connectivity index (χ4v) is 3.23. The number of nitriles is 1. The van der Waals surface area contributed by atoms with Crippen LogP contribution in [-0.4, -0.2) is 29.8 Å². The molecule has 0 spiro atoms. The second-order valence-corrected chi connectivity index (χ2v) is 7.35. The molecule has 6 nitrogen and oxygen atoms in total. The van der Waals surface area contributed by atoms with Crippen LogP contribution in [0.2, 0.25) is 0 Å². The van der Waals surface area contributed by atoms with Crippen molar-refractivity contribution in [2.24, 2.45) is 0 Å². The molecule has 0 bridgehead atoms. The molecule has 0 atom stereocenters. The van der Waals surface area contributed by atoms with Gasteiger partial charge in [-0.05, 0) is 30.7 Å². The van der Waals surface area contributed by atoms with Crippen LogP contribution in [-0.2, 0) is 0 Å². The molecule has 9 heteroatoms. The summed E-state index contributed by atoms with van der Waals surface area (Å²) in [7, 11) is 3.62. The first kappa shape index (κ1) is 20.6. The van der Waals surface area contributed by atoms with Crippen molar-refractivity contribution in [3.05, 3.63) is 47.7 Å². The van der Waals surface area contributed by atoms with Crippen LogP contribution in [0.4, 0.5) is 31.7 Å². The van der Waals surface area contributed by atoms with Crippen LogP contribution < -0.4 is 14.9 Å². The van der Waals surface area contributed by atoms with Crippen LogP contribution in [0.5, 0.6) is 0 Å². The molecule has 0 unspecified atom stereocenters. The van der Waals surface area contributed by atoms with Crippen LogP contribution in [0.3, 0.4) is 0 Å². The van der Waals surface area contributed by atoms with Gasteiger partial charge >= 0.3 is 0 Å². The Morgan fingerprint density at radius 3 is 2.62 bits per heavy atom. The third kappa shape index (κ3) is 4.32. The van der Waals surface area contributed by atoms with E-state index in [1.165, 1.54) is 24.1 Å². The number of aromatic nitrogens is 2. The lowest BCUT2D eigenvalue weighted by molar-refractivity contribution is 0.594. The van der Waals surface area contributed by atoms with Crippen molar-refractivity contribution in [1.82, 2.24) is 9.97 Å². The van der Waals surface area contributed by atoms with Crippen molar-refractivity contribution in [1.29, 1.82) is 5.26 Å². The molecule has 2 N–H and O–H groups in total. The molecule has 1 heterocycles. The first-order chi connectivity index (χ1) is 14.0. The Kier molecular flexibility index (Phi) is 6.34. The van der Waals surface area contributed by atoms with Crippen molar-refractivity contribution >= 4 is 45.9 Å². The monoisotopic (exact) mass is 414 g/mol. The summed E-state index contributed by atoms with van der Waals surface area (Å²) >= 11 is 1.34. The topological polar surface area (TPSA) is 76.9 Å². The molecule has 0 aliphatic heterocycles. The third-order valence-corrected chi connectivity index (χ3v) is 5.09. The zero-order valence-corrected chi connectivity index (χ0v) is 17.1. The van der Waals surface area contributed by atoms with Gasteiger partial charge < -0.3 is 14.9 Å². The third-order valence-electron chi connectivity index (χ3n) is 4.11. The van der Waals surface area contributed by atoms with Crippen LogP contribution in [0.15, 0.2) is 30.5 Å². The molecular formula is C20H20F2N6S. The molecule has 0 fully saturated rings. The largest absolute Gasteiger partial charge is 0.361 e. The van der Waals surface area contributed by atoms with Gasteiger partial charge in [-0.2, -0.15) is 5.26 Å². The highest BCUT2D eigenvalue weighted by Gasteiger charge is 2.17. The van der Waals surface area contributed by atoms with E-state index in [-0.39, 0.29) is 22.6 Å². The van der Waals surface area contributed by atoms with Gasteiger partial charge in [0, 0.05) is 19.8 Å². The van der Waals surface area contributed by atoms with Crippen LogP contribution in [0.25, 0.3) is 11.0 Å². The molecule has 0 radical (unpaired) electrons. The molecule has 0 saturated heterocycles. The predicted octanol–water partition coefficient (Wildman–Crippen LogP) is 5.06. The Morgan fingerprint density at radius 1 is 1.17 bits per heavy atom. The standard InChI is InChI=1S/C20H20F2N6S/c1-4-9-29-27-15-6-5-13(21)20(18(15)22)25-14-7-8-16-19(12(14)10-23)26-17(11-24-16)28(2)3/h5-8,11,25,27H,4,9H2,1-3H3. The molecule has 1 aromatic heterocycles. The minimum atomic E-state index is -0.759. The summed E-state index contributed by atoms with van der Waals surface area (Å²) in [5.41, 5.74) is 1.13. The van der Waals surface area contributed by atoms with Gasteiger partial charge in [0.25, 0.3) is 0 Å². The zero-order valence-electron chi connectivity index (χ0n) is 16.3. The average Bonchev–Trinajstić information content (AvgIpc) is 2.72. The van der Waals surface area contributed by atoms with Gasteiger partial charge in [0.1, 0.15) is 34.5 Å². The summed E-state index contributed by atoms with van der Waals surface area (Å²) in [6, 6.07) is 7.81. The number of fused-ring (bicyclic) bond motifs is 1. The lowest BCUT2D eigenvalue weighted by atomic mass is 10.1. The van der Waals surface area contributed by atoms with Gasteiger partial charge in [-0.15, -0.1) is 0 Å². The number of anilines is 4. The molecule has 0 aliphatic carbocycles. The number of nitrogens with zero attached hydrogens (tertiary/aromatic N) is 4. The lowest BCUT2D eigenvalue weighted by Crippen LogP contribution is -2.11. The Hall–Kier alpha value is -3.12. The molecule has 3 rings (SSSR count). The van der Waals surface area contributed by atoms with Gasteiger partial charge in [0.15, 0.2) is 5.82 Å². The predicted molar refractivity (Wildman–Crippen MR) is 115 cm³/mol. The molecule has 3 aromatic rings. The second-order valence-electron chi connectivity index (χ2n) is 6.45. The quantitative estimate of drug-likeness (QED) is 0.413. The zero-order chi connectivity index (χ0) is 21.0. The van der Waals surface area contributed by atoms with Crippen molar-refractivity contribution in [2.75, 3.05) is 34.8 Å². The Balaban J connectivity index is 2.04. The summed E-state index contributed by atoms with van der Waals surface area (Å²) in [4.78, 5) is 10.5. The van der Waals surface area contributed by atoms with Gasteiger partial charge in [0.2, 0.25) is 0 Å². The summed E-state index contributed by atoms with van der Waals surface area (Å²) in [5, 5.41) is 12.4. The van der Waals surface area contributed by atoms with Crippen molar-refractivity contribution in [3.63, 3.8) is 0 Å². The number of nitrogens with one attached hydrogen (secondary N) is 2. The Morgan fingerprint density at radius 2 is 1.93 bits per heavy atom. The Bertz CT molecular complexity index is 1080. The van der Waals surface area contributed by atoms with E-state index >= 15 is 0 Å². The molecule has 29 heavy (non-hydrogen) atoms. The first-order valence-corrected chi connectivity index (χ1v) is 9.94. The van der Waals surface area contributed by atoms with Crippen molar-refractivity contribution in [3.8, 4) is 6.07 Å². The number of benzene rings is 2. The molecular weight excluding hydrogens is 394 g/mol. The molecule has 2 aromatic carbocycles. The van der Waals surface area contributed by atoms with E-state index in [1.54, 1.807) is 23.2 Å². The van der Waals surface area contributed by atoms with Crippen LogP contribution >= 0.6 is 11.9 Å². The van der Waals surface area contributed by atoms with E-state index in [4.69, 9.17) is 0 Å². The molecule has 0 amide bonds. The van der Waals surface area contributed by atoms with Crippen molar-refractivity contribution < 1.29 is 8.78 Å². The summed E-state index contributed by atoms with van der Waals surface area (Å²) < 4.78 is 32.1. The maximum atomic E-state index is 14.9. The number of hydrogen-bond donors (Lipinski definition) is 2.